The van der Waals surface area contributed by atoms with Crippen molar-refractivity contribution in [1.29, 1.82) is 0 Å². The summed E-state index contributed by atoms with van der Waals surface area (Å²) in [5, 5.41) is 6.56. The van der Waals surface area contributed by atoms with E-state index < -0.39 is 11.7 Å². The summed E-state index contributed by atoms with van der Waals surface area (Å²) in [4.78, 5) is 3.97. The van der Waals surface area contributed by atoms with Crippen LogP contribution in [0.4, 0.5) is 13.2 Å². The molecule has 0 spiro atoms. The molecule has 0 atom stereocenters. The number of ether oxygens (including phenoxy) is 1. The summed E-state index contributed by atoms with van der Waals surface area (Å²) in [5.74, 6) is 0.396. The molecule has 1 N–H and O–H groups in total. The van der Waals surface area contributed by atoms with Gasteiger partial charge in [0.15, 0.2) is 0 Å². The maximum atomic E-state index is 13.0. The lowest BCUT2D eigenvalue weighted by Gasteiger charge is -2.11. The van der Waals surface area contributed by atoms with E-state index in [1.165, 1.54) is 19.2 Å². The lowest BCUT2D eigenvalue weighted by molar-refractivity contribution is -0.137. The zero-order valence-electron chi connectivity index (χ0n) is 11.5. The van der Waals surface area contributed by atoms with E-state index in [4.69, 9.17) is 9.26 Å². The summed E-state index contributed by atoms with van der Waals surface area (Å²) in [6.45, 7) is 2.88. The van der Waals surface area contributed by atoms with Gasteiger partial charge in [0.1, 0.15) is 5.75 Å². The van der Waals surface area contributed by atoms with Crippen LogP contribution in [0.3, 0.4) is 0 Å². The van der Waals surface area contributed by atoms with Crippen molar-refractivity contribution >= 4 is 0 Å². The van der Waals surface area contributed by atoms with Gasteiger partial charge in [0.05, 0.1) is 19.2 Å². The highest BCUT2D eigenvalue weighted by atomic mass is 19.4. The molecular formula is C13H14F3N3O2. The van der Waals surface area contributed by atoms with Crippen molar-refractivity contribution in [2.75, 3.05) is 13.7 Å². The number of alkyl halides is 3. The Hall–Kier alpha value is -2.09. The maximum Gasteiger partial charge on any atom is 0.417 e. The minimum absolute atomic E-state index is 0.117. The largest absolute Gasteiger partial charge is 0.497 e. The third-order valence-electron chi connectivity index (χ3n) is 2.77. The van der Waals surface area contributed by atoms with Crippen LogP contribution in [0.5, 0.6) is 5.75 Å². The Bertz CT molecular complexity index is 611. The van der Waals surface area contributed by atoms with Crippen LogP contribution in [-0.4, -0.2) is 23.8 Å². The number of methoxy groups -OCH3 is 1. The van der Waals surface area contributed by atoms with Gasteiger partial charge in [-0.05, 0) is 24.7 Å². The van der Waals surface area contributed by atoms with Gasteiger partial charge >= 0.3 is 6.18 Å². The van der Waals surface area contributed by atoms with Crippen molar-refractivity contribution in [1.82, 2.24) is 15.5 Å². The molecular weight excluding hydrogens is 287 g/mol. The predicted molar refractivity (Wildman–Crippen MR) is 68.7 cm³/mol. The monoisotopic (exact) mass is 301 g/mol. The Balaban J connectivity index is 2.43. The van der Waals surface area contributed by atoms with Crippen LogP contribution in [0.25, 0.3) is 11.4 Å². The Labute approximate surface area is 119 Å². The SMILES string of the molecule is CCNCc1nc(-c2cc(OC)ccc2C(F)(F)F)no1. The van der Waals surface area contributed by atoms with Crippen molar-refractivity contribution in [2.24, 2.45) is 0 Å². The van der Waals surface area contributed by atoms with E-state index in [0.29, 0.717) is 13.1 Å². The maximum absolute atomic E-state index is 13.0. The molecule has 114 valence electrons. The van der Waals surface area contributed by atoms with Crippen LogP contribution in [0.2, 0.25) is 0 Å². The van der Waals surface area contributed by atoms with Crippen molar-refractivity contribution in [3.63, 3.8) is 0 Å². The molecule has 1 aromatic carbocycles. The van der Waals surface area contributed by atoms with Crippen LogP contribution < -0.4 is 10.1 Å². The molecule has 2 aromatic rings. The Morgan fingerprint density at radius 2 is 2.10 bits per heavy atom. The highest BCUT2D eigenvalue weighted by Gasteiger charge is 2.35. The van der Waals surface area contributed by atoms with Crippen molar-refractivity contribution < 1.29 is 22.4 Å². The predicted octanol–water partition coefficient (Wildman–Crippen LogP) is 2.87. The van der Waals surface area contributed by atoms with Gasteiger partial charge in [-0.3, -0.25) is 0 Å². The van der Waals surface area contributed by atoms with E-state index in [0.717, 1.165) is 6.07 Å². The molecule has 0 amide bonds. The number of nitrogens with one attached hydrogen (secondary N) is 1. The van der Waals surface area contributed by atoms with Gasteiger partial charge in [0, 0.05) is 5.56 Å². The fourth-order valence-electron chi connectivity index (χ4n) is 1.75. The summed E-state index contributed by atoms with van der Waals surface area (Å²) in [7, 11) is 1.37. The van der Waals surface area contributed by atoms with E-state index in [1.807, 2.05) is 6.92 Å². The number of rotatable bonds is 5. The molecule has 0 aliphatic rings. The molecule has 0 bridgehead atoms. The first-order chi connectivity index (χ1) is 9.95. The first-order valence-electron chi connectivity index (χ1n) is 6.24. The van der Waals surface area contributed by atoms with E-state index in [2.05, 4.69) is 15.5 Å². The Kier molecular flexibility index (Phi) is 4.46. The second-order valence-electron chi connectivity index (χ2n) is 4.20. The summed E-state index contributed by atoms with van der Waals surface area (Å²) in [6, 6.07) is 3.42. The molecule has 5 nitrogen and oxygen atoms in total. The third kappa shape index (κ3) is 3.52. The molecule has 1 heterocycles. The highest BCUT2D eigenvalue weighted by molar-refractivity contribution is 5.63. The average Bonchev–Trinajstić information content (AvgIpc) is 2.92. The lowest BCUT2D eigenvalue weighted by Crippen LogP contribution is -2.12. The van der Waals surface area contributed by atoms with E-state index >= 15 is 0 Å². The molecule has 0 aliphatic carbocycles. The molecule has 0 saturated carbocycles. The number of benzene rings is 1. The topological polar surface area (TPSA) is 60.2 Å². The molecule has 1 aromatic heterocycles. The van der Waals surface area contributed by atoms with Crippen LogP contribution in [-0.2, 0) is 12.7 Å². The lowest BCUT2D eigenvalue weighted by atomic mass is 10.1. The van der Waals surface area contributed by atoms with E-state index in [1.54, 1.807) is 0 Å². The summed E-state index contributed by atoms with van der Waals surface area (Å²) >= 11 is 0. The van der Waals surface area contributed by atoms with Crippen molar-refractivity contribution in [3.05, 3.63) is 29.7 Å². The number of hydrogen-bond donors (Lipinski definition) is 1. The second kappa shape index (κ2) is 6.13. The second-order valence-corrected chi connectivity index (χ2v) is 4.20. The van der Waals surface area contributed by atoms with Gasteiger partial charge in [-0.1, -0.05) is 12.1 Å². The zero-order chi connectivity index (χ0) is 15.5. The van der Waals surface area contributed by atoms with Crippen LogP contribution >= 0.6 is 0 Å². The van der Waals surface area contributed by atoms with Gasteiger partial charge in [-0.25, -0.2) is 0 Å². The van der Waals surface area contributed by atoms with Crippen molar-refractivity contribution in [2.45, 2.75) is 19.6 Å². The molecule has 0 radical (unpaired) electrons. The summed E-state index contributed by atoms with van der Waals surface area (Å²) in [5.41, 5.74) is -1.01. The molecule has 0 saturated heterocycles. The molecule has 0 fully saturated rings. The van der Waals surface area contributed by atoms with Crippen LogP contribution in [0.1, 0.15) is 18.4 Å². The fraction of sp³-hybridized carbons (Fsp3) is 0.385. The minimum Gasteiger partial charge on any atom is -0.497 e. The Morgan fingerprint density at radius 1 is 1.33 bits per heavy atom. The van der Waals surface area contributed by atoms with Gasteiger partial charge in [-0.15, -0.1) is 0 Å². The van der Waals surface area contributed by atoms with E-state index in [9.17, 15) is 13.2 Å². The van der Waals surface area contributed by atoms with Crippen LogP contribution in [0, 0.1) is 0 Å². The first kappa shape index (κ1) is 15.3. The number of hydrogen-bond acceptors (Lipinski definition) is 5. The van der Waals surface area contributed by atoms with Crippen molar-refractivity contribution in [3.8, 4) is 17.1 Å². The van der Waals surface area contributed by atoms with Crippen LogP contribution in [0.15, 0.2) is 22.7 Å². The quantitative estimate of drug-likeness (QED) is 0.920. The summed E-state index contributed by atoms with van der Waals surface area (Å²) < 4.78 is 49.0. The Morgan fingerprint density at radius 3 is 2.71 bits per heavy atom. The van der Waals surface area contributed by atoms with E-state index in [-0.39, 0.29) is 23.0 Å². The highest BCUT2D eigenvalue weighted by Crippen LogP contribution is 2.37. The number of halogens is 3. The zero-order valence-corrected chi connectivity index (χ0v) is 11.5. The van der Waals surface area contributed by atoms with Gasteiger partial charge < -0.3 is 14.6 Å². The first-order valence-corrected chi connectivity index (χ1v) is 6.24. The molecule has 0 unspecified atom stereocenters. The number of nitrogens with zero attached hydrogens (tertiary/aromatic N) is 2. The molecule has 2 rings (SSSR count). The average molecular weight is 301 g/mol. The fourth-order valence-corrected chi connectivity index (χ4v) is 1.75. The summed E-state index contributed by atoms with van der Waals surface area (Å²) in [6.07, 6.45) is -4.51. The molecule has 8 heteroatoms. The van der Waals surface area contributed by atoms with Gasteiger partial charge in [-0.2, -0.15) is 18.2 Å². The minimum atomic E-state index is -4.51. The molecule has 21 heavy (non-hydrogen) atoms. The third-order valence-corrected chi connectivity index (χ3v) is 2.77. The standard InChI is InChI=1S/C13H14F3N3O2/c1-3-17-7-11-18-12(19-21-11)9-6-8(20-2)4-5-10(9)13(14,15)16/h4-6,17H,3,7H2,1-2H3. The number of aromatic nitrogens is 2. The van der Waals surface area contributed by atoms with Gasteiger partial charge in [0.2, 0.25) is 11.7 Å². The molecule has 0 aliphatic heterocycles. The van der Waals surface area contributed by atoms with Gasteiger partial charge in [0.25, 0.3) is 0 Å². The smallest absolute Gasteiger partial charge is 0.417 e. The normalized spacial score (nSPS) is 11.7.